The highest BCUT2D eigenvalue weighted by Crippen LogP contribution is 2.27. The fourth-order valence-electron chi connectivity index (χ4n) is 3.29. The lowest BCUT2D eigenvalue weighted by Crippen LogP contribution is -2.44. The van der Waals surface area contributed by atoms with Gasteiger partial charge in [-0.15, -0.1) is 10.2 Å². The number of aromatic nitrogens is 2. The van der Waals surface area contributed by atoms with Crippen molar-refractivity contribution in [3.63, 3.8) is 0 Å². The van der Waals surface area contributed by atoms with Gasteiger partial charge in [-0.1, -0.05) is 60.4 Å². The van der Waals surface area contributed by atoms with E-state index in [4.69, 9.17) is 0 Å². The Kier molecular flexibility index (Phi) is 8.05. The minimum Gasteiger partial charge on any atom is -0.300 e. The molecule has 1 saturated heterocycles. The minimum absolute atomic E-state index is 0.101. The lowest BCUT2D eigenvalue weighted by atomic mass is 9.99. The second-order valence-electron chi connectivity index (χ2n) is 6.90. The molecule has 10 heteroatoms. The van der Waals surface area contributed by atoms with Crippen molar-refractivity contribution in [1.29, 1.82) is 0 Å². The van der Waals surface area contributed by atoms with Crippen LogP contribution in [0.3, 0.4) is 0 Å². The molecule has 1 aromatic heterocycles. The summed E-state index contributed by atoms with van der Waals surface area (Å²) in [6, 6.07) is 9.88. The fourth-order valence-corrected chi connectivity index (χ4v) is 6.52. The zero-order valence-electron chi connectivity index (χ0n) is 16.4. The summed E-state index contributed by atoms with van der Waals surface area (Å²) in [6.45, 7) is 2.74. The van der Waals surface area contributed by atoms with Gasteiger partial charge in [0.15, 0.2) is 4.34 Å². The summed E-state index contributed by atoms with van der Waals surface area (Å²) in [5.41, 5.74) is 1.14. The third kappa shape index (κ3) is 6.50. The molecule has 29 heavy (non-hydrogen) atoms. The van der Waals surface area contributed by atoms with Gasteiger partial charge in [0.25, 0.3) is 0 Å². The van der Waals surface area contributed by atoms with E-state index in [2.05, 4.69) is 15.5 Å². The molecule has 1 aliphatic rings. The number of sulfonamides is 1. The molecule has 3 rings (SSSR count). The number of thioether (sulfide) groups is 1. The van der Waals surface area contributed by atoms with E-state index in [0.717, 1.165) is 22.1 Å². The largest absolute Gasteiger partial charge is 0.300 e. The van der Waals surface area contributed by atoms with Gasteiger partial charge in [-0.3, -0.25) is 4.79 Å². The number of anilines is 1. The number of hydrogen-bond donors (Lipinski definition) is 1. The number of carbonyl (C=O) groups excluding carboxylic acids is 1. The number of rotatable bonds is 9. The molecule has 7 nitrogen and oxygen atoms in total. The molecule has 158 valence electrons. The van der Waals surface area contributed by atoms with E-state index in [1.54, 1.807) is 11.8 Å². The predicted octanol–water partition coefficient (Wildman–Crippen LogP) is 3.26. The molecule has 1 fully saturated rings. The highest BCUT2D eigenvalue weighted by molar-refractivity contribution is 8.01. The van der Waals surface area contributed by atoms with Crippen LogP contribution in [0, 0.1) is 5.92 Å². The van der Waals surface area contributed by atoms with Gasteiger partial charge in [0.05, 0.1) is 11.7 Å². The van der Waals surface area contributed by atoms with Crippen LogP contribution in [-0.4, -0.2) is 53.4 Å². The first-order chi connectivity index (χ1) is 14.0. The molecule has 0 bridgehead atoms. The van der Waals surface area contributed by atoms with Crippen LogP contribution in [-0.2, 0) is 21.2 Å². The quantitative estimate of drug-likeness (QED) is 0.462. The van der Waals surface area contributed by atoms with Crippen molar-refractivity contribution in [2.45, 2.75) is 36.9 Å². The van der Waals surface area contributed by atoms with Gasteiger partial charge < -0.3 is 5.32 Å². The molecule has 0 spiro atoms. The van der Waals surface area contributed by atoms with E-state index >= 15 is 0 Å². The molecular weight excluding hydrogens is 428 g/mol. The number of piperidine rings is 1. The van der Waals surface area contributed by atoms with Crippen LogP contribution in [0.1, 0.15) is 31.7 Å². The molecule has 0 unspecified atom stereocenters. The van der Waals surface area contributed by atoms with E-state index in [1.165, 1.54) is 15.6 Å². The van der Waals surface area contributed by atoms with Crippen molar-refractivity contribution in [1.82, 2.24) is 14.5 Å². The average Bonchev–Trinajstić information content (AvgIpc) is 3.16. The predicted molar refractivity (Wildman–Crippen MR) is 118 cm³/mol. The van der Waals surface area contributed by atoms with Crippen LogP contribution in [0.5, 0.6) is 0 Å². The summed E-state index contributed by atoms with van der Waals surface area (Å²) in [4.78, 5) is 12.6. The molecular formula is C19H26N4O3S3. The van der Waals surface area contributed by atoms with Crippen LogP contribution in [0.15, 0.2) is 34.7 Å². The molecule has 2 aromatic rings. The van der Waals surface area contributed by atoms with Gasteiger partial charge in [0, 0.05) is 13.1 Å². The van der Waals surface area contributed by atoms with E-state index in [9.17, 15) is 13.2 Å². The van der Waals surface area contributed by atoms with E-state index in [-0.39, 0.29) is 24.1 Å². The van der Waals surface area contributed by atoms with Crippen molar-refractivity contribution >= 4 is 44.2 Å². The monoisotopic (exact) mass is 454 g/mol. The summed E-state index contributed by atoms with van der Waals surface area (Å²) in [5.74, 6) is 0.448. The molecule has 0 saturated carbocycles. The fraction of sp³-hybridized carbons (Fsp3) is 0.526. The van der Waals surface area contributed by atoms with Crippen LogP contribution in [0.4, 0.5) is 5.13 Å². The van der Waals surface area contributed by atoms with Gasteiger partial charge in [-0.2, -0.15) is 0 Å². The number of carbonyl (C=O) groups is 1. The Balaban J connectivity index is 1.52. The van der Waals surface area contributed by atoms with Gasteiger partial charge >= 0.3 is 0 Å². The van der Waals surface area contributed by atoms with Crippen molar-refractivity contribution in [3.8, 4) is 0 Å². The zero-order chi connectivity index (χ0) is 20.7. The topological polar surface area (TPSA) is 92.3 Å². The van der Waals surface area contributed by atoms with Gasteiger partial charge in [-0.05, 0) is 37.0 Å². The summed E-state index contributed by atoms with van der Waals surface area (Å²) in [6.07, 6.45) is 2.66. The number of nitrogens with one attached hydrogen (secondary N) is 1. The summed E-state index contributed by atoms with van der Waals surface area (Å²) in [5, 5.41) is 11.3. The minimum atomic E-state index is -3.37. The number of hydrogen-bond acceptors (Lipinski definition) is 7. The van der Waals surface area contributed by atoms with Crippen LogP contribution >= 0.6 is 23.1 Å². The smallest absolute Gasteiger partial charge is 0.230 e. The SMILES string of the molecule is CCSc1nnc(NC(=O)[C@@H]2CCCN(S(=O)(=O)CCCc3ccccc3)C2)s1. The zero-order valence-corrected chi connectivity index (χ0v) is 18.9. The Morgan fingerprint density at radius 1 is 1.31 bits per heavy atom. The van der Waals surface area contributed by atoms with Crippen molar-refractivity contribution in [2.24, 2.45) is 5.92 Å². The third-order valence-electron chi connectivity index (χ3n) is 4.76. The number of benzene rings is 1. The molecule has 1 N–H and O–H groups in total. The standard InChI is InChI=1S/C19H26N4O3S3/c1-2-27-19-22-21-18(28-19)20-17(24)16-11-6-12-23(14-16)29(25,26)13-7-10-15-8-4-3-5-9-15/h3-5,8-9,16H,2,6-7,10-14H2,1H3,(H,20,21,24)/t16-/m1/s1. The Bertz CT molecular complexity index is 902. The van der Waals surface area contributed by atoms with Crippen LogP contribution in [0.2, 0.25) is 0 Å². The van der Waals surface area contributed by atoms with Crippen molar-refractivity contribution in [3.05, 3.63) is 35.9 Å². The van der Waals surface area contributed by atoms with E-state index < -0.39 is 10.0 Å². The van der Waals surface area contributed by atoms with Gasteiger partial charge in [-0.25, -0.2) is 12.7 Å². The molecule has 0 radical (unpaired) electrons. The van der Waals surface area contributed by atoms with E-state index in [1.807, 2.05) is 37.3 Å². The average molecular weight is 455 g/mol. The highest BCUT2D eigenvalue weighted by Gasteiger charge is 2.32. The van der Waals surface area contributed by atoms with Gasteiger partial charge in [0.1, 0.15) is 0 Å². The molecule has 1 aliphatic heterocycles. The first kappa shape index (κ1) is 22.2. The number of nitrogens with zero attached hydrogens (tertiary/aromatic N) is 3. The Hall–Kier alpha value is -1.49. The summed E-state index contributed by atoms with van der Waals surface area (Å²) < 4.78 is 27.8. The Morgan fingerprint density at radius 2 is 2.10 bits per heavy atom. The maximum absolute atomic E-state index is 12.7. The Labute approximate surface area is 180 Å². The molecule has 2 heterocycles. The van der Waals surface area contributed by atoms with Gasteiger partial charge in [0.2, 0.25) is 21.1 Å². The second kappa shape index (κ2) is 10.5. The molecule has 0 aliphatic carbocycles. The first-order valence-corrected chi connectivity index (χ1v) is 13.2. The normalized spacial score (nSPS) is 17.9. The molecule has 1 aromatic carbocycles. The second-order valence-corrected chi connectivity index (χ2v) is 11.5. The van der Waals surface area contributed by atoms with Crippen molar-refractivity contribution < 1.29 is 13.2 Å². The van der Waals surface area contributed by atoms with Crippen molar-refractivity contribution in [2.75, 3.05) is 29.9 Å². The number of amides is 1. The maximum Gasteiger partial charge on any atom is 0.230 e. The first-order valence-electron chi connectivity index (χ1n) is 9.77. The lowest BCUT2D eigenvalue weighted by molar-refractivity contribution is -0.120. The van der Waals surface area contributed by atoms with Crippen LogP contribution in [0.25, 0.3) is 0 Å². The lowest BCUT2D eigenvalue weighted by Gasteiger charge is -2.31. The Morgan fingerprint density at radius 3 is 2.86 bits per heavy atom. The maximum atomic E-state index is 12.7. The molecule has 1 atom stereocenters. The van der Waals surface area contributed by atoms with E-state index in [0.29, 0.717) is 30.9 Å². The summed E-state index contributed by atoms with van der Waals surface area (Å²) >= 11 is 2.92. The number of aryl methyl sites for hydroxylation is 1. The van der Waals surface area contributed by atoms with Crippen LogP contribution < -0.4 is 5.32 Å². The highest BCUT2D eigenvalue weighted by atomic mass is 32.2. The molecule has 1 amide bonds. The summed E-state index contributed by atoms with van der Waals surface area (Å²) in [7, 11) is -3.37. The third-order valence-corrected chi connectivity index (χ3v) is 8.54.